The molecule has 5 aromatic carbocycles. The lowest BCUT2D eigenvalue weighted by Gasteiger charge is -2.46. The number of aromatic amines is 1. The Bertz CT molecular complexity index is 2170. The summed E-state index contributed by atoms with van der Waals surface area (Å²) in [7, 11) is 0. The number of alkyl carbamates (subject to hydrolysis) is 1. The molecule has 1 saturated heterocycles. The van der Waals surface area contributed by atoms with E-state index in [4.69, 9.17) is 23.7 Å². The summed E-state index contributed by atoms with van der Waals surface area (Å²) < 4.78 is 32.4. The van der Waals surface area contributed by atoms with Gasteiger partial charge < -0.3 is 44.2 Å². The average Bonchev–Trinajstić information content (AvgIpc) is 3.62. The molecule has 11 heteroatoms. The van der Waals surface area contributed by atoms with Gasteiger partial charge in [-0.1, -0.05) is 140 Å². The maximum absolute atomic E-state index is 13.0. The van der Waals surface area contributed by atoms with Crippen molar-refractivity contribution in [2.75, 3.05) is 6.61 Å². The molecule has 2 heterocycles. The molecule has 1 aliphatic heterocycles. The van der Waals surface area contributed by atoms with Crippen molar-refractivity contribution < 1.29 is 43.5 Å². The highest BCUT2D eigenvalue weighted by molar-refractivity contribution is 5.87. The lowest BCUT2D eigenvalue weighted by atomic mass is 9.89. The van der Waals surface area contributed by atoms with Crippen LogP contribution in [0.2, 0.25) is 0 Å². The van der Waals surface area contributed by atoms with Crippen molar-refractivity contribution in [3.8, 4) is 0 Å². The number of nitrogens with one attached hydrogen (secondary N) is 2. The van der Waals surface area contributed by atoms with Crippen LogP contribution in [0.25, 0.3) is 10.9 Å². The molecule has 0 spiro atoms. The monoisotopic (exact) mass is 770 g/mol. The van der Waals surface area contributed by atoms with Crippen LogP contribution in [0.1, 0.15) is 39.6 Å². The molecule has 1 amide bonds. The maximum Gasteiger partial charge on any atom is 0.408 e. The Morgan fingerprint density at radius 1 is 0.632 bits per heavy atom. The number of aliphatic carboxylic acids is 1. The third-order valence-electron chi connectivity index (χ3n) is 10.0. The van der Waals surface area contributed by atoms with Gasteiger partial charge in [-0.15, -0.1) is 0 Å². The number of amides is 1. The van der Waals surface area contributed by atoms with Crippen LogP contribution in [0.15, 0.2) is 146 Å². The average molecular weight is 771 g/mol. The number of hydrogen-bond donors (Lipinski definition) is 4. The van der Waals surface area contributed by atoms with Crippen molar-refractivity contribution in [2.24, 2.45) is 0 Å². The number of rotatable bonds is 17. The number of ether oxygens (including phenoxy) is 5. The van der Waals surface area contributed by atoms with Gasteiger partial charge in [-0.25, -0.2) is 9.59 Å². The van der Waals surface area contributed by atoms with Crippen molar-refractivity contribution in [3.63, 3.8) is 0 Å². The fraction of sp³-hybridized carbons (Fsp3) is 0.261. The van der Waals surface area contributed by atoms with E-state index in [1.165, 1.54) is 0 Å². The molecule has 0 unspecified atom stereocenters. The summed E-state index contributed by atoms with van der Waals surface area (Å²) in [5.41, 5.74) is 5.43. The highest BCUT2D eigenvalue weighted by atomic mass is 16.6. The molecule has 0 bridgehead atoms. The number of carboxylic acids is 1. The fourth-order valence-electron chi connectivity index (χ4n) is 7.16. The number of carbonyl (C=O) groups excluding carboxylic acids is 1. The van der Waals surface area contributed by atoms with Gasteiger partial charge in [-0.2, -0.15) is 0 Å². The van der Waals surface area contributed by atoms with Crippen LogP contribution in [0, 0.1) is 0 Å². The fourth-order valence-corrected chi connectivity index (χ4v) is 7.16. The summed E-state index contributed by atoms with van der Waals surface area (Å²) in [6.45, 7) is 0.246. The zero-order valence-electron chi connectivity index (χ0n) is 31.3. The van der Waals surface area contributed by atoms with Crippen LogP contribution in [0.4, 0.5) is 4.79 Å². The molecule has 6 atom stereocenters. The van der Waals surface area contributed by atoms with Crippen LogP contribution in [-0.4, -0.2) is 64.3 Å². The molecule has 57 heavy (non-hydrogen) atoms. The van der Waals surface area contributed by atoms with Gasteiger partial charge in [0.05, 0.1) is 32.1 Å². The number of carbonyl (C=O) groups is 2. The van der Waals surface area contributed by atoms with Gasteiger partial charge in [-0.05, 0) is 33.9 Å². The summed E-state index contributed by atoms with van der Waals surface area (Å²) in [5, 5.41) is 24.6. The Labute approximate surface area is 331 Å². The van der Waals surface area contributed by atoms with E-state index in [-0.39, 0.29) is 32.8 Å². The molecule has 7 rings (SSSR count). The summed E-state index contributed by atoms with van der Waals surface area (Å²) in [6.07, 6.45) is -5.10. The van der Waals surface area contributed by atoms with E-state index in [1.807, 2.05) is 146 Å². The maximum atomic E-state index is 13.0. The van der Waals surface area contributed by atoms with Crippen molar-refractivity contribution in [1.82, 2.24) is 10.3 Å². The lowest BCUT2D eigenvalue weighted by Crippen LogP contribution is -2.58. The molecular weight excluding hydrogens is 725 g/mol. The van der Waals surface area contributed by atoms with E-state index >= 15 is 0 Å². The molecule has 0 aliphatic carbocycles. The van der Waals surface area contributed by atoms with Crippen LogP contribution in [0.5, 0.6) is 0 Å². The van der Waals surface area contributed by atoms with Gasteiger partial charge in [0, 0.05) is 17.3 Å². The van der Waals surface area contributed by atoms with Crippen molar-refractivity contribution in [2.45, 2.75) is 69.4 Å². The Balaban J connectivity index is 1.25. The minimum Gasteiger partial charge on any atom is -0.480 e. The first-order valence-corrected chi connectivity index (χ1v) is 19.0. The van der Waals surface area contributed by atoms with Crippen molar-refractivity contribution in [3.05, 3.63) is 179 Å². The Morgan fingerprint density at radius 3 is 1.63 bits per heavy atom. The van der Waals surface area contributed by atoms with Crippen molar-refractivity contribution in [1.29, 1.82) is 0 Å². The zero-order valence-corrected chi connectivity index (χ0v) is 31.3. The Hall–Kier alpha value is -5.82. The second kappa shape index (κ2) is 19.4. The Kier molecular flexibility index (Phi) is 13.4. The molecule has 6 aromatic rings. The zero-order chi connectivity index (χ0) is 39.4. The first-order valence-electron chi connectivity index (χ1n) is 19.0. The standard InChI is InChI=1S/C46H46N2O9/c49-26-39-41(53-27-31-15-5-1-6-16-31)43(54-28-32-17-7-2-8-18-32)44(55-29-33-19-9-3-10-20-33)42(57-39)40-36(35-23-13-14-24-37(35)47-40)25-38(45(50)51)48-46(52)56-30-34-21-11-4-12-22-34/h1-24,38-39,41-44,47,49H,25-30H2,(H,48,52)(H,50,51)/t38-,39+,41+,42+,43-,44+/m0/s1. The van der Waals surface area contributed by atoms with Gasteiger partial charge in [0.25, 0.3) is 0 Å². The first kappa shape index (κ1) is 39.4. The summed E-state index contributed by atoms with van der Waals surface area (Å²) >= 11 is 0. The number of benzene rings is 5. The number of carboxylic acid groups (broad SMARTS) is 1. The normalized spacial score (nSPS) is 19.8. The van der Waals surface area contributed by atoms with Gasteiger partial charge in [0.15, 0.2) is 0 Å². The van der Waals surface area contributed by atoms with Crippen LogP contribution in [-0.2, 0) is 61.3 Å². The summed E-state index contributed by atoms with van der Waals surface area (Å²) in [5.74, 6) is -1.24. The molecule has 1 fully saturated rings. The summed E-state index contributed by atoms with van der Waals surface area (Å²) in [6, 6.07) is 44.5. The third-order valence-corrected chi connectivity index (χ3v) is 10.0. The Morgan fingerprint density at radius 2 is 1.11 bits per heavy atom. The number of fused-ring (bicyclic) bond motifs is 1. The molecule has 1 aliphatic rings. The molecule has 1 aromatic heterocycles. The van der Waals surface area contributed by atoms with Gasteiger partial charge in [0.2, 0.25) is 0 Å². The van der Waals surface area contributed by atoms with Crippen molar-refractivity contribution >= 4 is 23.0 Å². The van der Waals surface area contributed by atoms with E-state index in [0.717, 1.165) is 33.2 Å². The predicted molar refractivity (Wildman–Crippen MR) is 213 cm³/mol. The number of aromatic nitrogens is 1. The number of para-hydroxylation sites is 1. The highest BCUT2D eigenvalue weighted by Crippen LogP contribution is 2.41. The topological polar surface area (TPSA) is 149 Å². The molecule has 0 saturated carbocycles. The quantitative estimate of drug-likeness (QED) is 0.0751. The summed E-state index contributed by atoms with van der Waals surface area (Å²) in [4.78, 5) is 29.3. The SMILES string of the molecule is O=C(N[C@@H](Cc1c([C@H]2O[C@H](CO)[C@@H](OCc3ccccc3)[C@H](OCc3ccccc3)[C@@H]2OCc2ccccc2)[nH]c2ccccc12)C(=O)O)OCc1ccccc1. The second-order valence-electron chi connectivity index (χ2n) is 13.9. The molecular formula is C46H46N2O9. The van der Waals surface area contributed by atoms with Crippen LogP contribution < -0.4 is 5.32 Å². The van der Waals surface area contributed by atoms with E-state index in [1.54, 1.807) is 0 Å². The molecule has 11 nitrogen and oxygen atoms in total. The molecule has 294 valence electrons. The largest absolute Gasteiger partial charge is 0.480 e. The minimum atomic E-state index is -1.36. The second-order valence-corrected chi connectivity index (χ2v) is 13.9. The van der Waals surface area contributed by atoms with Gasteiger partial charge >= 0.3 is 12.1 Å². The predicted octanol–water partition coefficient (Wildman–Crippen LogP) is 7.28. The third kappa shape index (κ3) is 10.1. The lowest BCUT2D eigenvalue weighted by molar-refractivity contribution is -0.273. The van der Waals surface area contributed by atoms with E-state index in [9.17, 15) is 19.8 Å². The number of aliphatic hydroxyl groups excluding tert-OH is 1. The number of aliphatic hydroxyl groups is 1. The van der Waals surface area contributed by atoms with E-state index in [0.29, 0.717) is 11.3 Å². The first-order chi connectivity index (χ1) is 28.0. The van der Waals surface area contributed by atoms with E-state index in [2.05, 4.69) is 10.3 Å². The van der Waals surface area contributed by atoms with Gasteiger partial charge in [-0.3, -0.25) is 0 Å². The molecule has 0 radical (unpaired) electrons. The van der Waals surface area contributed by atoms with Crippen LogP contribution >= 0.6 is 0 Å². The van der Waals surface area contributed by atoms with Gasteiger partial charge in [0.1, 0.15) is 43.2 Å². The number of H-pyrrole nitrogens is 1. The van der Waals surface area contributed by atoms with E-state index < -0.39 is 55.2 Å². The minimum absolute atomic E-state index is 0.0197. The van der Waals surface area contributed by atoms with Crippen LogP contribution in [0.3, 0.4) is 0 Å². The number of hydrogen-bond acceptors (Lipinski definition) is 8. The molecule has 4 N–H and O–H groups in total. The highest BCUT2D eigenvalue weighted by Gasteiger charge is 2.50. The smallest absolute Gasteiger partial charge is 0.408 e.